The van der Waals surface area contributed by atoms with Gasteiger partial charge in [-0.05, 0) is 38.8 Å². The Labute approximate surface area is 168 Å². The molecule has 3 rings (SSSR count). The van der Waals surface area contributed by atoms with Gasteiger partial charge < -0.3 is 10.1 Å². The van der Waals surface area contributed by atoms with Gasteiger partial charge in [-0.15, -0.1) is 0 Å². The minimum atomic E-state index is -1.17. The molecule has 1 aromatic carbocycles. The third-order valence-electron chi connectivity index (χ3n) is 5.24. The zero-order chi connectivity index (χ0) is 21.1. The summed E-state index contributed by atoms with van der Waals surface area (Å²) in [4.78, 5) is 51.0. The third kappa shape index (κ3) is 3.90. The number of esters is 1. The van der Waals surface area contributed by atoms with E-state index in [0.717, 1.165) is 4.90 Å². The van der Waals surface area contributed by atoms with Gasteiger partial charge in [0.25, 0.3) is 5.91 Å². The molecule has 0 saturated carbocycles. The molecule has 0 spiro atoms. The molecule has 3 amide bonds. The summed E-state index contributed by atoms with van der Waals surface area (Å²) in [6.07, 6.45) is 3.51. The van der Waals surface area contributed by atoms with E-state index in [1.54, 1.807) is 24.3 Å². The molecular weight excluding hydrogens is 374 g/mol. The first-order valence-corrected chi connectivity index (χ1v) is 9.37. The third-order valence-corrected chi connectivity index (χ3v) is 5.24. The monoisotopic (exact) mass is 395 g/mol. The Balaban J connectivity index is 1.63. The van der Waals surface area contributed by atoms with Gasteiger partial charge in [0, 0.05) is 0 Å². The number of amides is 3. The van der Waals surface area contributed by atoms with Gasteiger partial charge in [-0.25, -0.2) is 4.79 Å². The first-order chi connectivity index (χ1) is 13.8. The van der Waals surface area contributed by atoms with Crippen molar-refractivity contribution < 1.29 is 23.9 Å². The van der Waals surface area contributed by atoms with Gasteiger partial charge in [0.1, 0.15) is 12.1 Å². The van der Waals surface area contributed by atoms with E-state index in [-0.39, 0.29) is 17.4 Å². The highest BCUT2D eigenvalue weighted by atomic mass is 16.5. The largest absolute Gasteiger partial charge is 0.451 e. The number of nitriles is 1. The Morgan fingerprint density at radius 3 is 2.31 bits per heavy atom. The topological polar surface area (TPSA) is 117 Å². The number of hydrogen-bond acceptors (Lipinski definition) is 6. The second-order valence-electron chi connectivity index (χ2n) is 7.10. The molecule has 1 saturated heterocycles. The standard InChI is InChI=1S/C21H21N3O5/c1-12(24-19(26)15-8-4-5-9-16(15)20(24)27)21(28)29-13(2)18(25)23-17-10-6-3-7-14(17)11-22/h3-7,10,12-13,15-16H,8-9H2,1-2H3,(H,23,25)/t12-,13+,15-,16-/m0/s1. The van der Waals surface area contributed by atoms with E-state index >= 15 is 0 Å². The molecule has 29 heavy (non-hydrogen) atoms. The SMILES string of the molecule is C[C@@H](OC(=O)[C@H](C)N1C(=O)[C@H]2CC=CC[C@@H]2C1=O)C(=O)Nc1ccccc1C#N. The lowest BCUT2D eigenvalue weighted by Gasteiger charge is -2.23. The molecule has 8 nitrogen and oxygen atoms in total. The molecule has 0 unspecified atom stereocenters. The first-order valence-electron chi connectivity index (χ1n) is 9.37. The quantitative estimate of drug-likeness (QED) is 0.461. The first kappa shape index (κ1) is 20.3. The number of nitrogens with zero attached hydrogens (tertiary/aromatic N) is 2. The van der Waals surface area contributed by atoms with Crippen molar-refractivity contribution in [3.8, 4) is 6.07 Å². The van der Waals surface area contributed by atoms with Gasteiger partial charge in [0.15, 0.2) is 6.10 Å². The molecule has 1 heterocycles. The van der Waals surface area contributed by atoms with Gasteiger partial charge in [-0.1, -0.05) is 24.3 Å². The van der Waals surface area contributed by atoms with Crippen LogP contribution in [0.1, 0.15) is 32.3 Å². The van der Waals surface area contributed by atoms with Gasteiger partial charge in [0.2, 0.25) is 11.8 Å². The maximum Gasteiger partial charge on any atom is 0.329 e. The Morgan fingerprint density at radius 1 is 1.14 bits per heavy atom. The lowest BCUT2D eigenvalue weighted by atomic mass is 9.85. The number of para-hydroxylation sites is 1. The van der Waals surface area contributed by atoms with Crippen LogP contribution >= 0.6 is 0 Å². The Morgan fingerprint density at radius 2 is 1.72 bits per heavy atom. The summed E-state index contributed by atoms with van der Waals surface area (Å²) < 4.78 is 5.19. The van der Waals surface area contributed by atoms with Crippen LogP contribution in [0.3, 0.4) is 0 Å². The molecule has 8 heteroatoms. The van der Waals surface area contributed by atoms with E-state index in [0.29, 0.717) is 18.5 Å². The van der Waals surface area contributed by atoms with Crippen molar-refractivity contribution in [2.75, 3.05) is 5.32 Å². The van der Waals surface area contributed by atoms with Crippen LogP contribution in [-0.4, -0.2) is 40.7 Å². The average Bonchev–Trinajstić information content (AvgIpc) is 2.98. The normalized spacial score (nSPS) is 22.4. The van der Waals surface area contributed by atoms with Crippen molar-refractivity contribution in [2.24, 2.45) is 11.8 Å². The van der Waals surface area contributed by atoms with Gasteiger partial charge in [0.05, 0.1) is 23.1 Å². The Bertz CT molecular complexity index is 906. The van der Waals surface area contributed by atoms with Crippen LogP contribution in [0.4, 0.5) is 5.69 Å². The van der Waals surface area contributed by atoms with E-state index < -0.39 is 35.9 Å². The van der Waals surface area contributed by atoms with Crippen molar-refractivity contribution in [2.45, 2.75) is 38.8 Å². The summed E-state index contributed by atoms with van der Waals surface area (Å²) in [6.45, 7) is 2.80. The summed E-state index contributed by atoms with van der Waals surface area (Å²) >= 11 is 0. The second kappa shape index (κ2) is 8.27. The minimum Gasteiger partial charge on any atom is -0.451 e. The molecule has 0 aromatic heterocycles. The molecule has 2 aliphatic rings. The summed E-state index contributed by atoms with van der Waals surface area (Å²) in [5, 5.41) is 11.6. The highest BCUT2D eigenvalue weighted by molar-refractivity contribution is 6.08. The van der Waals surface area contributed by atoms with Crippen LogP contribution < -0.4 is 5.32 Å². The molecule has 1 N–H and O–H groups in total. The zero-order valence-electron chi connectivity index (χ0n) is 16.1. The number of nitrogens with one attached hydrogen (secondary N) is 1. The number of carbonyl (C=O) groups excluding carboxylic acids is 4. The molecule has 1 aromatic rings. The fourth-order valence-corrected chi connectivity index (χ4v) is 3.56. The van der Waals surface area contributed by atoms with E-state index in [1.807, 2.05) is 18.2 Å². The predicted molar refractivity (Wildman–Crippen MR) is 102 cm³/mol. The van der Waals surface area contributed by atoms with E-state index in [2.05, 4.69) is 5.32 Å². The Hall–Kier alpha value is -3.47. The second-order valence-corrected chi connectivity index (χ2v) is 7.10. The number of anilines is 1. The summed E-state index contributed by atoms with van der Waals surface area (Å²) in [5.74, 6) is -3.10. The molecule has 0 bridgehead atoms. The molecule has 0 radical (unpaired) electrons. The zero-order valence-corrected chi connectivity index (χ0v) is 16.1. The Kier molecular flexibility index (Phi) is 5.78. The number of carbonyl (C=O) groups is 4. The van der Waals surface area contributed by atoms with Crippen LogP contribution in [0.5, 0.6) is 0 Å². The maximum atomic E-state index is 12.6. The van der Waals surface area contributed by atoms with Gasteiger partial charge in [-0.3, -0.25) is 19.3 Å². The summed E-state index contributed by atoms with van der Waals surface area (Å²) in [5.41, 5.74) is 0.578. The van der Waals surface area contributed by atoms with Crippen LogP contribution in [0, 0.1) is 23.2 Å². The van der Waals surface area contributed by atoms with Gasteiger partial charge in [-0.2, -0.15) is 5.26 Å². The maximum absolute atomic E-state index is 12.6. The summed E-state index contributed by atoms with van der Waals surface area (Å²) in [7, 11) is 0. The van der Waals surface area contributed by atoms with Crippen molar-refractivity contribution in [1.29, 1.82) is 5.26 Å². The highest BCUT2D eigenvalue weighted by Gasteiger charge is 2.50. The molecule has 1 fully saturated rings. The number of ether oxygens (including phenoxy) is 1. The van der Waals surface area contributed by atoms with Crippen molar-refractivity contribution >= 4 is 29.4 Å². The number of rotatable bonds is 5. The average molecular weight is 395 g/mol. The molecular formula is C21H21N3O5. The number of hydrogen-bond donors (Lipinski definition) is 1. The van der Waals surface area contributed by atoms with Crippen molar-refractivity contribution in [1.82, 2.24) is 4.90 Å². The highest BCUT2D eigenvalue weighted by Crippen LogP contribution is 2.36. The van der Waals surface area contributed by atoms with Crippen molar-refractivity contribution in [3.05, 3.63) is 42.0 Å². The number of benzene rings is 1. The smallest absolute Gasteiger partial charge is 0.329 e. The number of likely N-dealkylation sites (tertiary alicyclic amines) is 1. The lowest BCUT2D eigenvalue weighted by molar-refractivity contribution is -0.163. The van der Waals surface area contributed by atoms with E-state index in [4.69, 9.17) is 10.00 Å². The molecule has 150 valence electrons. The van der Waals surface area contributed by atoms with Crippen LogP contribution in [-0.2, 0) is 23.9 Å². The van der Waals surface area contributed by atoms with Gasteiger partial charge >= 0.3 is 5.97 Å². The fourth-order valence-electron chi connectivity index (χ4n) is 3.56. The predicted octanol–water partition coefficient (Wildman–Crippen LogP) is 1.77. The van der Waals surface area contributed by atoms with Crippen molar-refractivity contribution in [3.63, 3.8) is 0 Å². The van der Waals surface area contributed by atoms with Crippen LogP contribution in [0.2, 0.25) is 0 Å². The molecule has 1 aliphatic carbocycles. The van der Waals surface area contributed by atoms with E-state index in [9.17, 15) is 19.2 Å². The van der Waals surface area contributed by atoms with Crippen LogP contribution in [0.25, 0.3) is 0 Å². The number of allylic oxidation sites excluding steroid dienone is 2. The van der Waals surface area contributed by atoms with E-state index in [1.165, 1.54) is 13.8 Å². The summed E-state index contributed by atoms with van der Waals surface area (Å²) in [6, 6.07) is 7.27. The fraction of sp³-hybridized carbons (Fsp3) is 0.381. The van der Waals surface area contributed by atoms with Crippen LogP contribution in [0.15, 0.2) is 36.4 Å². The molecule has 4 atom stereocenters. The minimum absolute atomic E-state index is 0.275. The lowest BCUT2D eigenvalue weighted by Crippen LogP contribution is -2.46. The molecule has 1 aliphatic heterocycles. The number of fused-ring (bicyclic) bond motifs is 1. The number of imide groups is 1.